The molecule has 1 amide bonds. The Hall–Kier alpha value is -2.87. The SMILES string of the molecule is CS(=O)(=O)N(CC(=O)Nc1ccc(OCc2ccccc2)cc1)Cc1ccc(Cl)cc1. The van der Waals surface area contributed by atoms with E-state index in [-0.39, 0.29) is 13.1 Å². The van der Waals surface area contributed by atoms with E-state index in [1.807, 2.05) is 30.3 Å². The van der Waals surface area contributed by atoms with Crippen molar-refractivity contribution in [2.24, 2.45) is 0 Å². The van der Waals surface area contributed by atoms with Gasteiger partial charge in [-0.1, -0.05) is 54.1 Å². The van der Waals surface area contributed by atoms with Gasteiger partial charge in [-0.05, 0) is 47.5 Å². The molecule has 1 N–H and O–H groups in total. The van der Waals surface area contributed by atoms with Crippen molar-refractivity contribution in [2.75, 3.05) is 18.1 Å². The smallest absolute Gasteiger partial charge is 0.239 e. The molecule has 0 unspecified atom stereocenters. The van der Waals surface area contributed by atoms with Crippen LogP contribution in [0.5, 0.6) is 5.75 Å². The van der Waals surface area contributed by atoms with Gasteiger partial charge in [-0.2, -0.15) is 4.31 Å². The second kappa shape index (κ2) is 10.4. The lowest BCUT2D eigenvalue weighted by atomic mass is 10.2. The third kappa shape index (κ3) is 7.40. The summed E-state index contributed by atoms with van der Waals surface area (Å²) in [5.74, 6) is 0.236. The number of rotatable bonds is 9. The highest BCUT2D eigenvalue weighted by Crippen LogP contribution is 2.18. The number of nitrogens with zero attached hydrogens (tertiary/aromatic N) is 1. The van der Waals surface area contributed by atoms with E-state index >= 15 is 0 Å². The number of carbonyl (C=O) groups excluding carboxylic acids is 1. The molecule has 0 aliphatic heterocycles. The van der Waals surface area contributed by atoms with E-state index in [9.17, 15) is 13.2 Å². The predicted molar refractivity (Wildman–Crippen MR) is 123 cm³/mol. The molecule has 0 aromatic heterocycles. The van der Waals surface area contributed by atoms with Crippen LogP contribution in [0.25, 0.3) is 0 Å². The standard InChI is InChI=1S/C23H23ClN2O4S/c1-31(28,29)26(15-18-7-9-20(24)10-8-18)16-23(27)25-21-11-13-22(14-12-21)30-17-19-5-3-2-4-6-19/h2-14H,15-17H2,1H3,(H,25,27). The van der Waals surface area contributed by atoms with Gasteiger partial charge in [0.2, 0.25) is 15.9 Å². The summed E-state index contributed by atoms with van der Waals surface area (Å²) >= 11 is 5.87. The Labute approximate surface area is 187 Å². The highest BCUT2D eigenvalue weighted by molar-refractivity contribution is 7.88. The van der Waals surface area contributed by atoms with Gasteiger partial charge in [0.05, 0.1) is 12.8 Å². The zero-order chi connectivity index (χ0) is 22.3. The van der Waals surface area contributed by atoms with E-state index in [0.29, 0.717) is 23.1 Å². The van der Waals surface area contributed by atoms with Crippen molar-refractivity contribution in [3.8, 4) is 5.75 Å². The lowest BCUT2D eigenvalue weighted by Crippen LogP contribution is -2.36. The number of ether oxygens (including phenoxy) is 1. The third-order valence-electron chi connectivity index (χ3n) is 4.45. The summed E-state index contributed by atoms with van der Waals surface area (Å²) in [5.41, 5.74) is 2.35. The van der Waals surface area contributed by atoms with Crippen molar-refractivity contribution in [1.29, 1.82) is 0 Å². The van der Waals surface area contributed by atoms with Crippen LogP contribution in [0.3, 0.4) is 0 Å². The Kier molecular flexibility index (Phi) is 7.68. The van der Waals surface area contributed by atoms with Crippen LogP contribution in [0.2, 0.25) is 5.02 Å². The van der Waals surface area contributed by atoms with Gasteiger partial charge < -0.3 is 10.1 Å². The summed E-state index contributed by atoms with van der Waals surface area (Å²) in [6.45, 7) is 0.226. The first-order chi connectivity index (χ1) is 14.8. The van der Waals surface area contributed by atoms with E-state index in [0.717, 1.165) is 21.7 Å². The fourth-order valence-corrected chi connectivity index (χ4v) is 3.68. The first-order valence-corrected chi connectivity index (χ1v) is 11.8. The molecule has 0 spiro atoms. The average Bonchev–Trinajstić information content (AvgIpc) is 2.74. The van der Waals surface area contributed by atoms with Crippen LogP contribution in [0.4, 0.5) is 5.69 Å². The van der Waals surface area contributed by atoms with E-state index in [4.69, 9.17) is 16.3 Å². The number of hydrogen-bond acceptors (Lipinski definition) is 4. The number of benzene rings is 3. The maximum Gasteiger partial charge on any atom is 0.239 e. The molecule has 0 saturated heterocycles. The van der Waals surface area contributed by atoms with Gasteiger partial charge in [-0.25, -0.2) is 8.42 Å². The van der Waals surface area contributed by atoms with Gasteiger partial charge in [0.25, 0.3) is 0 Å². The maximum atomic E-state index is 12.4. The fourth-order valence-electron chi connectivity index (χ4n) is 2.82. The summed E-state index contributed by atoms with van der Waals surface area (Å²) in [4.78, 5) is 12.4. The van der Waals surface area contributed by atoms with Crippen molar-refractivity contribution < 1.29 is 17.9 Å². The predicted octanol–water partition coefficient (Wildman–Crippen LogP) is 4.32. The van der Waals surface area contributed by atoms with Crippen LogP contribution in [-0.4, -0.2) is 31.4 Å². The number of sulfonamides is 1. The van der Waals surface area contributed by atoms with Gasteiger partial charge in [0.1, 0.15) is 12.4 Å². The summed E-state index contributed by atoms with van der Waals surface area (Å²) < 4.78 is 31.1. The van der Waals surface area contributed by atoms with Crippen molar-refractivity contribution in [3.05, 3.63) is 95.0 Å². The molecule has 3 aromatic rings. The van der Waals surface area contributed by atoms with Crippen LogP contribution in [0.1, 0.15) is 11.1 Å². The number of nitrogens with one attached hydrogen (secondary N) is 1. The Bertz CT molecular complexity index is 1100. The second-order valence-electron chi connectivity index (χ2n) is 7.00. The van der Waals surface area contributed by atoms with E-state index in [2.05, 4.69) is 5.32 Å². The van der Waals surface area contributed by atoms with Gasteiger partial charge in [-0.3, -0.25) is 4.79 Å². The van der Waals surface area contributed by atoms with Gasteiger partial charge in [0, 0.05) is 17.3 Å². The van der Waals surface area contributed by atoms with Gasteiger partial charge in [0.15, 0.2) is 0 Å². The highest BCUT2D eigenvalue weighted by atomic mass is 35.5. The molecule has 0 aliphatic rings. The second-order valence-corrected chi connectivity index (χ2v) is 9.42. The minimum Gasteiger partial charge on any atom is -0.489 e. The van der Waals surface area contributed by atoms with Crippen molar-refractivity contribution in [2.45, 2.75) is 13.2 Å². The molecular formula is C23H23ClN2O4S. The molecule has 0 atom stereocenters. The number of halogens is 1. The minimum absolute atomic E-state index is 0.0791. The molecule has 3 aromatic carbocycles. The van der Waals surface area contributed by atoms with Crippen molar-refractivity contribution in [3.63, 3.8) is 0 Å². The average molecular weight is 459 g/mol. The molecule has 0 saturated carbocycles. The Morgan fingerprint density at radius 2 is 1.58 bits per heavy atom. The Morgan fingerprint density at radius 1 is 0.935 bits per heavy atom. The lowest BCUT2D eigenvalue weighted by molar-refractivity contribution is -0.116. The van der Waals surface area contributed by atoms with Crippen LogP contribution >= 0.6 is 11.6 Å². The third-order valence-corrected chi connectivity index (χ3v) is 5.90. The zero-order valence-electron chi connectivity index (χ0n) is 17.0. The largest absolute Gasteiger partial charge is 0.489 e. The molecule has 31 heavy (non-hydrogen) atoms. The molecule has 0 fully saturated rings. The van der Waals surface area contributed by atoms with Crippen LogP contribution in [0.15, 0.2) is 78.9 Å². The Morgan fingerprint density at radius 3 is 2.19 bits per heavy atom. The zero-order valence-corrected chi connectivity index (χ0v) is 18.6. The number of amides is 1. The van der Waals surface area contributed by atoms with Crippen molar-refractivity contribution >= 4 is 33.2 Å². The van der Waals surface area contributed by atoms with Gasteiger partial charge >= 0.3 is 0 Å². The highest BCUT2D eigenvalue weighted by Gasteiger charge is 2.20. The Balaban J connectivity index is 1.56. The van der Waals surface area contributed by atoms with E-state index in [1.54, 1.807) is 48.5 Å². The molecule has 0 heterocycles. The molecule has 3 rings (SSSR count). The molecular weight excluding hydrogens is 436 g/mol. The molecule has 162 valence electrons. The van der Waals surface area contributed by atoms with Crippen LogP contribution < -0.4 is 10.1 Å². The summed E-state index contributed by atoms with van der Waals surface area (Å²) in [6, 6.07) is 23.5. The topological polar surface area (TPSA) is 75.7 Å². The lowest BCUT2D eigenvalue weighted by Gasteiger charge is -2.19. The maximum absolute atomic E-state index is 12.4. The molecule has 0 aliphatic carbocycles. The van der Waals surface area contributed by atoms with Crippen LogP contribution in [0, 0.1) is 0 Å². The first-order valence-electron chi connectivity index (χ1n) is 9.56. The van der Waals surface area contributed by atoms with E-state index in [1.165, 1.54) is 0 Å². The van der Waals surface area contributed by atoms with Crippen molar-refractivity contribution in [1.82, 2.24) is 4.31 Å². The van der Waals surface area contributed by atoms with E-state index < -0.39 is 15.9 Å². The molecule has 0 radical (unpaired) electrons. The normalized spacial score (nSPS) is 11.3. The minimum atomic E-state index is -3.58. The fraction of sp³-hybridized carbons (Fsp3) is 0.174. The quantitative estimate of drug-likeness (QED) is 0.518. The van der Waals surface area contributed by atoms with Crippen LogP contribution in [-0.2, 0) is 28.0 Å². The monoisotopic (exact) mass is 458 g/mol. The molecule has 0 bridgehead atoms. The van der Waals surface area contributed by atoms with Gasteiger partial charge in [-0.15, -0.1) is 0 Å². The molecule has 6 nitrogen and oxygen atoms in total. The first kappa shape index (κ1) is 22.8. The number of hydrogen-bond donors (Lipinski definition) is 1. The summed E-state index contributed by atoms with van der Waals surface area (Å²) in [6.07, 6.45) is 1.08. The number of anilines is 1. The summed E-state index contributed by atoms with van der Waals surface area (Å²) in [5, 5.41) is 3.28. The number of carbonyl (C=O) groups is 1. The summed E-state index contributed by atoms with van der Waals surface area (Å²) in [7, 11) is -3.58. The molecule has 8 heteroatoms.